The molecule has 0 saturated carbocycles. The number of nitro benzene ring substituents is 1. The molecule has 0 saturated heterocycles. The maximum atomic E-state index is 12.7. The van der Waals surface area contributed by atoms with Crippen LogP contribution >= 0.6 is 0 Å². The van der Waals surface area contributed by atoms with Crippen molar-refractivity contribution in [3.05, 3.63) is 69.5 Å². The van der Waals surface area contributed by atoms with Gasteiger partial charge in [0.25, 0.3) is 0 Å². The molecule has 0 radical (unpaired) electrons. The highest BCUT2D eigenvalue weighted by Crippen LogP contribution is 2.36. The lowest BCUT2D eigenvalue weighted by Crippen LogP contribution is -2.02. The van der Waals surface area contributed by atoms with Crippen molar-refractivity contribution in [1.29, 1.82) is 0 Å². The number of nitro groups is 1. The van der Waals surface area contributed by atoms with Crippen molar-refractivity contribution in [1.82, 2.24) is 0 Å². The Balaban J connectivity index is 2.24. The van der Waals surface area contributed by atoms with E-state index in [1.165, 1.54) is 19.2 Å². The van der Waals surface area contributed by atoms with Crippen molar-refractivity contribution in [3.63, 3.8) is 0 Å². The van der Waals surface area contributed by atoms with Gasteiger partial charge in [-0.1, -0.05) is 30.3 Å². The van der Waals surface area contributed by atoms with Crippen molar-refractivity contribution in [2.75, 3.05) is 7.11 Å². The predicted octanol–water partition coefficient (Wildman–Crippen LogP) is 3.89. The first-order valence-electron chi connectivity index (χ1n) is 6.88. The van der Waals surface area contributed by atoms with Gasteiger partial charge < -0.3 is 9.15 Å². The summed E-state index contributed by atoms with van der Waals surface area (Å²) in [5, 5.41) is 11.6. The minimum Gasteiger partial charge on any atom is -0.490 e. The van der Waals surface area contributed by atoms with E-state index in [0.717, 1.165) is 0 Å². The van der Waals surface area contributed by atoms with Gasteiger partial charge >= 0.3 is 5.69 Å². The van der Waals surface area contributed by atoms with Crippen LogP contribution in [0.15, 0.2) is 46.9 Å². The number of carbonyl (C=O) groups excluding carboxylic acids is 1. The molecule has 0 unspecified atom stereocenters. The van der Waals surface area contributed by atoms with Gasteiger partial charge in [-0.25, -0.2) is 0 Å². The predicted molar refractivity (Wildman–Crippen MR) is 84.0 cm³/mol. The van der Waals surface area contributed by atoms with Gasteiger partial charge in [-0.3, -0.25) is 14.9 Å². The Labute approximate surface area is 131 Å². The first-order valence-corrected chi connectivity index (χ1v) is 6.88. The summed E-state index contributed by atoms with van der Waals surface area (Å²) in [7, 11) is 1.35. The Morgan fingerprint density at radius 3 is 2.52 bits per heavy atom. The van der Waals surface area contributed by atoms with Crippen LogP contribution in [0.2, 0.25) is 0 Å². The lowest BCUT2D eigenvalue weighted by molar-refractivity contribution is -0.385. The number of furan rings is 1. The lowest BCUT2D eigenvalue weighted by atomic mass is 10.00. The topological polar surface area (TPSA) is 82.6 Å². The molecule has 116 valence electrons. The number of methoxy groups -OCH3 is 1. The molecular weight excluding hydrogens is 298 g/mol. The van der Waals surface area contributed by atoms with E-state index in [9.17, 15) is 14.9 Å². The van der Waals surface area contributed by atoms with E-state index in [0.29, 0.717) is 22.3 Å². The maximum absolute atomic E-state index is 12.7. The molecule has 3 aromatic rings. The second kappa shape index (κ2) is 5.57. The molecule has 0 aliphatic rings. The van der Waals surface area contributed by atoms with Gasteiger partial charge in [0, 0.05) is 10.9 Å². The first-order chi connectivity index (χ1) is 11.0. The average Bonchev–Trinajstić information content (AvgIpc) is 2.88. The number of ether oxygens (including phenoxy) is 1. The fourth-order valence-electron chi connectivity index (χ4n) is 2.56. The van der Waals surface area contributed by atoms with Crippen molar-refractivity contribution in [3.8, 4) is 5.75 Å². The Morgan fingerprint density at radius 1 is 1.22 bits per heavy atom. The maximum Gasteiger partial charge on any atom is 0.314 e. The number of hydrogen-bond acceptors (Lipinski definition) is 5. The number of hydrogen-bond donors (Lipinski definition) is 0. The second-order valence-corrected chi connectivity index (χ2v) is 5.01. The van der Waals surface area contributed by atoms with Gasteiger partial charge in [-0.05, 0) is 13.0 Å². The SMILES string of the molecule is COc1cc2c(C(=O)c3ccccc3)c(C)oc2cc1[N+](=O)[O-]. The highest BCUT2D eigenvalue weighted by molar-refractivity contribution is 6.17. The second-order valence-electron chi connectivity index (χ2n) is 5.01. The molecule has 6 heteroatoms. The lowest BCUT2D eigenvalue weighted by Gasteiger charge is -2.03. The van der Waals surface area contributed by atoms with Crippen molar-refractivity contribution in [2.45, 2.75) is 6.92 Å². The zero-order valence-corrected chi connectivity index (χ0v) is 12.5. The third-order valence-corrected chi connectivity index (χ3v) is 3.63. The van der Waals surface area contributed by atoms with Crippen LogP contribution in [0.25, 0.3) is 11.0 Å². The molecule has 0 aliphatic carbocycles. The van der Waals surface area contributed by atoms with Gasteiger partial charge in [-0.15, -0.1) is 0 Å². The van der Waals surface area contributed by atoms with E-state index in [4.69, 9.17) is 9.15 Å². The number of rotatable bonds is 4. The van der Waals surface area contributed by atoms with Crippen LogP contribution in [0.1, 0.15) is 21.7 Å². The Hall–Kier alpha value is -3.15. The van der Waals surface area contributed by atoms with Crippen LogP contribution in [0.3, 0.4) is 0 Å². The van der Waals surface area contributed by atoms with E-state index in [1.54, 1.807) is 31.2 Å². The van der Waals surface area contributed by atoms with Crippen molar-refractivity contribution >= 4 is 22.4 Å². The van der Waals surface area contributed by atoms with Gasteiger partial charge in [-0.2, -0.15) is 0 Å². The highest BCUT2D eigenvalue weighted by Gasteiger charge is 2.24. The number of aryl methyl sites for hydroxylation is 1. The smallest absolute Gasteiger partial charge is 0.314 e. The molecule has 1 heterocycles. The summed E-state index contributed by atoms with van der Waals surface area (Å²) in [6.07, 6.45) is 0. The van der Waals surface area contributed by atoms with Gasteiger partial charge in [0.2, 0.25) is 0 Å². The molecule has 0 atom stereocenters. The zero-order valence-electron chi connectivity index (χ0n) is 12.5. The number of ketones is 1. The van der Waals surface area contributed by atoms with Crippen LogP contribution in [0, 0.1) is 17.0 Å². The molecule has 1 aromatic heterocycles. The number of nitrogens with zero attached hydrogens (tertiary/aromatic N) is 1. The van der Waals surface area contributed by atoms with Crippen LogP contribution in [-0.2, 0) is 0 Å². The molecule has 0 fully saturated rings. The van der Waals surface area contributed by atoms with Gasteiger partial charge in [0.1, 0.15) is 11.3 Å². The summed E-state index contributed by atoms with van der Waals surface area (Å²) in [5.41, 5.74) is 0.997. The number of fused-ring (bicyclic) bond motifs is 1. The third-order valence-electron chi connectivity index (χ3n) is 3.63. The van der Waals surface area contributed by atoms with E-state index < -0.39 is 4.92 Å². The molecule has 3 rings (SSSR count). The first kappa shape index (κ1) is 14.8. The Bertz CT molecular complexity index is 912. The number of benzene rings is 2. The van der Waals surface area contributed by atoms with Crippen LogP contribution in [-0.4, -0.2) is 17.8 Å². The zero-order chi connectivity index (χ0) is 16.6. The van der Waals surface area contributed by atoms with E-state index in [-0.39, 0.29) is 22.8 Å². The Morgan fingerprint density at radius 2 is 1.91 bits per heavy atom. The molecule has 2 aromatic carbocycles. The fourth-order valence-corrected chi connectivity index (χ4v) is 2.56. The monoisotopic (exact) mass is 311 g/mol. The summed E-state index contributed by atoms with van der Waals surface area (Å²) < 4.78 is 10.6. The molecule has 23 heavy (non-hydrogen) atoms. The van der Waals surface area contributed by atoms with Crippen LogP contribution < -0.4 is 4.74 Å². The molecular formula is C17H13NO5. The minimum absolute atomic E-state index is 0.0883. The molecule has 0 aliphatic heterocycles. The van der Waals surface area contributed by atoms with Crippen LogP contribution in [0.4, 0.5) is 5.69 Å². The molecule has 0 spiro atoms. The fraction of sp³-hybridized carbons (Fsp3) is 0.118. The largest absolute Gasteiger partial charge is 0.490 e. The summed E-state index contributed by atoms with van der Waals surface area (Å²) in [6, 6.07) is 11.5. The van der Waals surface area contributed by atoms with E-state index in [2.05, 4.69) is 0 Å². The average molecular weight is 311 g/mol. The van der Waals surface area contributed by atoms with Crippen molar-refractivity contribution in [2.24, 2.45) is 0 Å². The van der Waals surface area contributed by atoms with Crippen molar-refractivity contribution < 1.29 is 18.9 Å². The molecule has 0 amide bonds. The summed E-state index contributed by atoms with van der Waals surface area (Å²) in [6.45, 7) is 1.66. The van der Waals surface area contributed by atoms with E-state index >= 15 is 0 Å². The van der Waals surface area contributed by atoms with Gasteiger partial charge in [0.05, 0.1) is 23.7 Å². The summed E-state index contributed by atoms with van der Waals surface area (Å²) in [4.78, 5) is 23.3. The van der Waals surface area contributed by atoms with E-state index in [1.807, 2.05) is 6.07 Å². The summed E-state index contributed by atoms with van der Waals surface area (Å²) in [5.74, 6) is 0.305. The Kier molecular flexibility index (Phi) is 3.57. The normalized spacial score (nSPS) is 10.7. The van der Waals surface area contributed by atoms with Crippen LogP contribution in [0.5, 0.6) is 5.75 Å². The molecule has 6 nitrogen and oxygen atoms in total. The molecule has 0 bridgehead atoms. The minimum atomic E-state index is -0.547. The quantitative estimate of drug-likeness (QED) is 0.415. The summed E-state index contributed by atoms with van der Waals surface area (Å²) >= 11 is 0. The third kappa shape index (κ3) is 2.44. The number of carbonyl (C=O) groups is 1. The van der Waals surface area contributed by atoms with Gasteiger partial charge in [0.15, 0.2) is 11.5 Å². The molecule has 0 N–H and O–H groups in total. The highest BCUT2D eigenvalue weighted by atomic mass is 16.6. The standard InChI is InChI=1S/C17H13NO5/c1-10-16(17(19)11-6-4-3-5-7-11)12-8-15(22-2)13(18(20)21)9-14(12)23-10/h3-9H,1-2H3.